The minimum Gasteiger partial charge on any atom is -0.465 e. The number of nitrogens with zero attached hydrogens (tertiary/aromatic N) is 1. The van der Waals surface area contributed by atoms with Crippen LogP contribution in [0.5, 0.6) is 0 Å². The maximum Gasteiger partial charge on any atom is 0.325 e. The van der Waals surface area contributed by atoms with Crippen LogP contribution < -0.4 is 0 Å². The summed E-state index contributed by atoms with van der Waals surface area (Å²) < 4.78 is 7.15. The van der Waals surface area contributed by atoms with E-state index >= 15 is 0 Å². The molecular weight excluding hydrogens is 262 g/mol. The average Bonchev–Trinajstić information content (AvgIpc) is 2.47. The molecule has 0 aliphatic carbocycles. The molecule has 82 valence electrons. The Labute approximate surface area is 96.3 Å². The maximum atomic E-state index is 11.2. The Morgan fingerprint density at radius 1 is 1.53 bits per heavy atom. The van der Waals surface area contributed by atoms with Crippen LogP contribution in [0.3, 0.4) is 0 Å². The summed E-state index contributed by atoms with van der Waals surface area (Å²) in [4.78, 5) is 22.5. The van der Waals surface area contributed by atoms with Crippen molar-refractivity contribution in [1.29, 1.82) is 0 Å². The molecule has 0 saturated heterocycles. The molecule has 0 unspecified atom stereocenters. The molecule has 0 N–H and O–H groups in total. The Balaban J connectivity index is 2.84. The van der Waals surface area contributed by atoms with Crippen LogP contribution in [0.4, 0.5) is 0 Å². The highest BCUT2D eigenvalue weighted by molar-refractivity contribution is 9.10. The van der Waals surface area contributed by atoms with Crippen molar-refractivity contribution < 1.29 is 14.3 Å². The minimum absolute atomic E-state index is 0.0638. The van der Waals surface area contributed by atoms with Gasteiger partial charge in [0.2, 0.25) is 0 Å². The topological polar surface area (TPSA) is 48.3 Å². The van der Waals surface area contributed by atoms with E-state index in [9.17, 15) is 9.59 Å². The molecule has 0 spiro atoms. The van der Waals surface area contributed by atoms with Crippen LogP contribution in [0.25, 0.3) is 0 Å². The lowest BCUT2D eigenvalue weighted by Gasteiger charge is -2.05. The van der Waals surface area contributed by atoms with E-state index < -0.39 is 0 Å². The van der Waals surface area contributed by atoms with Crippen LogP contribution in [0.2, 0.25) is 0 Å². The first-order valence-electron chi connectivity index (χ1n) is 4.56. The van der Waals surface area contributed by atoms with Gasteiger partial charge in [-0.3, -0.25) is 9.59 Å². The second kappa shape index (κ2) is 5.11. The van der Waals surface area contributed by atoms with E-state index in [1.54, 1.807) is 23.8 Å². The number of Topliss-reactive ketones (excluding diaryl/α,β-unsaturated/α-hetero) is 1. The van der Waals surface area contributed by atoms with E-state index in [2.05, 4.69) is 15.9 Å². The van der Waals surface area contributed by atoms with Gasteiger partial charge in [0.1, 0.15) is 6.54 Å². The van der Waals surface area contributed by atoms with Gasteiger partial charge in [-0.25, -0.2) is 0 Å². The number of carbonyl (C=O) groups excluding carboxylic acids is 2. The van der Waals surface area contributed by atoms with Crippen molar-refractivity contribution in [3.05, 3.63) is 22.4 Å². The first-order chi connectivity index (χ1) is 7.04. The van der Waals surface area contributed by atoms with Crippen molar-refractivity contribution >= 4 is 27.7 Å². The third-order valence-corrected chi connectivity index (χ3v) is 2.26. The summed E-state index contributed by atoms with van der Waals surface area (Å²) in [5.74, 6) is -0.423. The number of halogens is 1. The van der Waals surface area contributed by atoms with Crippen LogP contribution in [0, 0.1) is 0 Å². The molecule has 4 nitrogen and oxygen atoms in total. The molecule has 0 bridgehead atoms. The number of esters is 1. The van der Waals surface area contributed by atoms with E-state index in [1.807, 2.05) is 0 Å². The fourth-order valence-corrected chi connectivity index (χ4v) is 1.71. The van der Waals surface area contributed by atoms with Gasteiger partial charge in [-0.2, -0.15) is 0 Å². The zero-order valence-electron chi connectivity index (χ0n) is 8.62. The summed E-state index contributed by atoms with van der Waals surface area (Å²) in [7, 11) is 0. The summed E-state index contributed by atoms with van der Waals surface area (Å²) in [6.07, 6.45) is 1.69. The van der Waals surface area contributed by atoms with E-state index in [0.29, 0.717) is 12.3 Å². The number of hydrogen-bond donors (Lipinski definition) is 0. The molecule has 0 fully saturated rings. The van der Waals surface area contributed by atoms with Crippen molar-refractivity contribution in [1.82, 2.24) is 4.57 Å². The molecule has 1 rings (SSSR count). The SMILES string of the molecule is CCOC(=O)Cn1cc(Br)cc1C(C)=O. The van der Waals surface area contributed by atoms with Crippen molar-refractivity contribution in [2.45, 2.75) is 20.4 Å². The van der Waals surface area contributed by atoms with Gasteiger partial charge in [0, 0.05) is 17.6 Å². The number of carbonyl (C=O) groups is 2. The average molecular weight is 274 g/mol. The van der Waals surface area contributed by atoms with Crippen LogP contribution in [-0.4, -0.2) is 22.9 Å². The lowest BCUT2D eigenvalue weighted by molar-refractivity contribution is -0.143. The molecule has 0 aliphatic heterocycles. The predicted octanol–water partition coefficient (Wildman–Crippen LogP) is 2.02. The van der Waals surface area contributed by atoms with E-state index in [1.165, 1.54) is 6.92 Å². The Morgan fingerprint density at radius 2 is 2.20 bits per heavy atom. The molecule has 1 aromatic rings. The fraction of sp³-hybridized carbons (Fsp3) is 0.400. The van der Waals surface area contributed by atoms with Crippen molar-refractivity contribution in [3.8, 4) is 0 Å². The molecule has 0 aromatic carbocycles. The van der Waals surface area contributed by atoms with Gasteiger partial charge in [0.25, 0.3) is 0 Å². The standard InChI is InChI=1S/C10H12BrNO3/c1-3-15-10(14)6-12-5-8(11)4-9(12)7(2)13/h4-5H,3,6H2,1-2H3. The van der Waals surface area contributed by atoms with Crippen LogP contribution in [0.1, 0.15) is 24.3 Å². The third kappa shape index (κ3) is 3.20. The van der Waals surface area contributed by atoms with Crippen molar-refractivity contribution in [2.24, 2.45) is 0 Å². The third-order valence-electron chi connectivity index (χ3n) is 1.83. The lowest BCUT2D eigenvalue weighted by Crippen LogP contribution is -2.15. The van der Waals surface area contributed by atoms with Gasteiger partial charge in [-0.05, 0) is 28.9 Å². The molecule has 1 aromatic heterocycles. The monoisotopic (exact) mass is 273 g/mol. The lowest BCUT2D eigenvalue weighted by atomic mass is 10.3. The first-order valence-corrected chi connectivity index (χ1v) is 5.36. The minimum atomic E-state index is -0.344. The van der Waals surface area contributed by atoms with E-state index in [0.717, 1.165) is 4.47 Å². The smallest absolute Gasteiger partial charge is 0.325 e. The zero-order valence-corrected chi connectivity index (χ0v) is 10.2. The van der Waals surface area contributed by atoms with Gasteiger partial charge >= 0.3 is 5.97 Å². The summed E-state index contributed by atoms with van der Waals surface area (Å²) in [5, 5.41) is 0. The normalized spacial score (nSPS) is 10.1. The number of ketones is 1. The number of aromatic nitrogens is 1. The Kier molecular flexibility index (Phi) is 4.08. The molecule has 0 amide bonds. The highest BCUT2D eigenvalue weighted by atomic mass is 79.9. The Hall–Kier alpha value is -1.10. The summed E-state index contributed by atoms with van der Waals surface area (Å²) in [5.41, 5.74) is 0.495. The van der Waals surface area contributed by atoms with Gasteiger partial charge < -0.3 is 9.30 Å². The second-order valence-electron chi connectivity index (χ2n) is 3.03. The summed E-state index contributed by atoms with van der Waals surface area (Å²) in [6, 6.07) is 1.68. The van der Waals surface area contributed by atoms with E-state index in [-0.39, 0.29) is 18.3 Å². The summed E-state index contributed by atoms with van der Waals surface area (Å²) in [6.45, 7) is 3.61. The van der Waals surface area contributed by atoms with E-state index in [4.69, 9.17) is 4.74 Å². The van der Waals surface area contributed by atoms with Crippen LogP contribution >= 0.6 is 15.9 Å². The number of rotatable bonds is 4. The molecule has 1 heterocycles. The van der Waals surface area contributed by atoms with Crippen LogP contribution in [-0.2, 0) is 16.1 Å². The number of ether oxygens (including phenoxy) is 1. The molecule has 0 saturated carbocycles. The molecule has 5 heteroatoms. The molecule has 15 heavy (non-hydrogen) atoms. The highest BCUT2D eigenvalue weighted by Crippen LogP contribution is 2.15. The molecular formula is C10H12BrNO3. The van der Waals surface area contributed by atoms with Crippen molar-refractivity contribution in [2.75, 3.05) is 6.61 Å². The predicted molar refractivity (Wildman–Crippen MR) is 58.8 cm³/mol. The number of hydrogen-bond acceptors (Lipinski definition) is 3. The zero-order chi connectivity index (χ0) is 11.4. The van der Waals surface area contributed by atoms with Gasteiger partial charge in [0.05, 0.1) is 12.3 Å². The summed E-state index contributed by atoms with van der Waals surface area (Å²) >= 11 is 3.26. The van der Waals surface area contributed by atoms with Crippen molar-refractivity contribution in [3.63, 3.8) is 0 Å². The molecule has 0 atom stereocenters. The second-order valence-corrected chi connectivity index (χ2v) is 3.95. The van der Waals surface area contributed by atoms with Crippen LogP contribution in [0.15, 0.2) is 16.7 Å². The quantitative estimate of drug-likeness (QED) is 0.623. The first kappa shape index (κ1) is 12.0. The largest absolute Gasteiger partial charge is 0.465 e. The van der Waals surface area contributed by atoms with Gasteiger partial charge in [-0.15, -0.1) is 0 Å². The van der Waals surface area contributed by atoms with Gasteiger partial charge in [-0.1, -0.05) is 0 Å². The fourth-order valence-electron chi connectivity index (χ4n) is 1.25. The molecule has 0 radical (unpaired) electrons. The Morgan fingerprint density at radius 3 is 2.73 bits per heavy atom. The molecule has 0 aliphatic rings. The Bertz CT molecular complexity index is 384. The van der Waals surface area contributed by atoms with Gasteiger partial charge in [0.15, 0.2) is 5.78 Å². The highest BCUT2D eigenvalue weighted by Gasteiger charge is 2.12. The maximum absolute atomic E-state index is 11.2.